The third-order valence-corrected chi connectivity index (χ3v) is 2.40. The molecule has 0 fully saturated rings. The lowest BCUT2D eigenvalue weighted by Crippen LogP contribution is -2.24. The quantitative estimate of drug-likeness (QED) is 0.586. The molecule has 0 radical (unpaired) electrons. The Morgan fingerprint density at radius 1 is 1.56 bits per heavy atom. The molecule has 7 heteroatoms. The molecule has 0 bridgehead atoms. The first-order valence-corrected chi connectivity index (χ1v) is 5.69. The Bertz CT molecular complexity index is 411. The number of nitrogens with zero attached hydrogens (tertiary/aromatic N) is 3. The summed E-state index contributed by atoms with van der Waals surface area (Å²) in [6, 6.07) is 3.07. The highest BCUT2D eigenvalue weighted by Crippen LogP contribution is 2.26. The van der Waals surface area contributed by atoms with Crippen molar-refractivity contribution in [3.05, 3.63) is 22.2 Å². The molecule has 0 aliphatic heterocycles. The Labute approximate surface area is 106 Å². The number of hydrogen-bond donors (Lipinski definition) is 1. The van der Waals surface area contributed by atoms with Crippen LogP contribution in [0.25, 0.3) is 0 Å². The third kappa shape index (κ3) is 3.56. The summed E-state index contributed by atoms with van der Waals surface area (Å²) in [7, 11) is 3.34. The van der Waals surface area contributed by atoms with Gasteiger partial charge in [-0.05, 0) is 13.0 Å². The van der Waals surface area contributed by atoms with Crippen molar-refractivity contribution in [3.8, 4) is 0 Å². The molecule has 18 heavy (non-hydrogen) atoms. The van der Waals surface area contributed by atoms with Crippen LogP contribution in [0.3, 0.4) is 0 Å². The van der Waals surface area contributed by atoms with E-state index in [0.29, 0.717) is 31.3 Å². The van der Waals surface area contributed by atoms with Crippen molar-refractivity contribution in [2.45, 2.75) is 6.92 Å². The van der Waals surface area contributed by atoms with Crippen molar-refractivity contribution in [2.75, 3.05) is 44.1 Å². The third-order valence-electron chi connectivity index (χ3n) is 2.40. The van der Waals surface area contributed by atoms with Crippen molar-refractivity contribution >= 4 is 17.3 Å². The van der Waals surface area contributed by atoms with Gasteiger partial charge in [0.1, 0.15) is 5.82 Å². The molecule has 0 spiro atoms. The maximum Gasteiger partial charge on any atom is 0.311 e. The zero-order valence-corrected chi connectivity index (χ0v) is 10.8. The Hall–Kier alpha value is -1.89. The number of nitro groups is 1. The van der Waals surface area contributed by atoms with E-state index >= 15 is 0 Å². The summed E-state index contributed by atoms with van der Waals surface area (Å²) in [6.07, 6.45) is 0. The van der Waals surface area contributed by atoms with E-state index in [1.165, 1.54) is 6.07 Å². The first-order chi connectivity index (χ1) is 8.60. The van der Waals surface area contributed by atoms with Gasteiger partial charge in [-0.15, -0.1) is 0 Å². The van der Waals surface area contributed by atoms with Gasteiger partial charge in [0.15, 0.2) is 0 Å². The molecule has 1 rings (SSSR count). The van der Waals surface area contributed by atoms with Crippen LogP contribution in [0.1, 0.15) is 6.92 Å². The second kappa shape index (κ2) is 6.75. The van der Waals surface area contributed by atoms with Gasteiger partial charge in [0.2, 0.25) is 5.82 Å². The molecule has 0 aromatic carbocycles. The predicted molar refractivity (Wildman–Crippen MR) is 70.2 cm³/mol. The number of methoxy groups -OCH3 is 1. The summed E-state index contributed by atoms with van der Waals surface area (Å²) >= 11 is 0. The zero-order chi connectivity index (χ0) is 13.5. The fourth-order valence-corrected chi connectivity index (χ4v) is 1.48. The van der Waals surface area contributed by atoms with E-state index in [4.69, 9.17) is 4.74 Å². The molecule has 0 unspecified atom stereocenters. The van der Waals surface area contributed by atoms with E-state index in [1.807, 2.05) is 6.92 Å². The van der Waals surface area contributed by atoms with Gasteiger partial charge in [0, 0.05) is 33.3 Å². The second-order valence-electron chi connectivity index (χ2n) is 3.74. The van der Waals surface area contributed by atoms with E-state index in [2.05, 4.69) is 10.3 Å². The van der Waals surface area contributed by atoms with E-state index in [1.54, 1.807) is 25.1 Å². The molecule has 100 valence electrons. The standard InChI is InChI=1S/C11H18N4O3/c1-4-12-10-6-5-9(15(16)17)11(13-10)14(2)7-8-18-3/h5-6H,4,7-8H2,1-3H3,(H,12,13). The van der Waals surface area contributed by atoms with Crippen molar-refractivity contribution in [1.29, 1.82) is 0 Å². The Morgan fingerprint density at radius 2 is 2.28 bits per heavy atom. The van der Waals surface area contributed by atoms with Gasteiger partial charge in [0.05, 0.1) is 11.5 Å². The summed E-state index contributed by atoms with van der Waals surface area (Å²) in [5.41, 5.74) is -0.00439. The summed E-state index contributed by atoms with van der Waals surface area (Å²) < 4.78 is 4.96. The zero-order valence-electron chi connectivity index (χ0n) is 10.8. The van der Waals surface area contributed by atoms with Crippen LogP contribution in [-0.2, 0) is 4.74 Å². The number of rotatable bonds is 7. The largest absolute Gasteiger partial charge is 0.383 e. The second-order valence-corrected chi connectivity index (χ2v) is 3.74. The Kier molecular flexibility index (Phi) is 5.31. The molecule has 0 saturated carbocycles. The van der Waals surface area contributed by atoms with Crippen molar-refractivity contribution in [3.63, 3.8) is 0 Å². The monoisotopic (exact) mass is 254 g/mol. The van der Waals surface area contributed by atoms with E-state index in [9.17, 15) is 10.1 Å². The number of hydrogen-bond acceptors (Lipinski definition) is 6. The fraction of sp³-hybridized carbons (Fsp3) is 0.545. The van der Waals surface area contributed by atoms with Gasteiger partial charge in [-0.3, -0.25) is 10.1 Å². The summed E-state index contributed by atoms with van der Waals surface area (Å²) in [4.78, 5) is 16.5. The smallest absolute Gasteiger partial charge is 0.311 e. The molecule has 0 saturated heterocycles. The van der Waals surface area contributed by atoms with Gasteiger partial charge in [-0.2, -0.15) is 0 Å². The number of nitrogens with one attached hydrogen (secondary N) is 1. The SMILES string of the molecule is CCNc1ccc([N+](=O)[O-])c(N(C)CCOC)n1. The van der Waals surface area contributed by atoms with Crippen molar-refractivity contribution in [2.24, 2.45) is 0 Å². The lowest BCUT2D eigenvalue weighted by molar-refractivity contribution is -0.384. The number of pyridine rings is 1. The van der Waals surface area contributed by atoms with Crippen LogP contribution >= 0.6 is 0 Å². The molecule has 0 amide bonds. The molecule has 1 N–H and O–H groups in total. The summed E-state index contributed by atoms with van der Waals surface area (Å²) in [6.45, 7) is 3.68. The van der Waals surface area contributed by atoms with Crippen LogP contribution in [-0.4, -0.2) is 43.8 Å². The lowest BCUT2D eigenvalue weighted by atomic mass is 10.3. The first-order valence-electron chi connectivity index (χ1n) is 5.69. The molecule has 1 aromatic heterocycles. The predicted octanol–water partition coefficient (Wildman–Crippen LogP) is 1.50. The normalized spacial score (nSPS) is 10.2. The first kappa shape index (κ1) is 14.2. The molecule has 0 atom stereocenters. The van der Waals surface area contributed by atoms with Gasteiger partial charge < -0.3 is 15.0 Å². The minimum atomic E-state index is -0.429. The van der Waals surface area contributed by atoms with Gasteiger partial charge in [0.25, 0.3) is 0 Å². The topological polar surface area (TPSA) is 80.5 Å². The van der Waals surface area contributed by atoms with Crippen LogP contribution in [0.4, 0.5) is 17.3 Å². The lowest BCUT2D eigenvalue weighted by Gasteiger charge is -2.18. The number of aromatic nitrogens is 1. The molecule has 0 aliphatic carbocycles. The summed E-state index contributed by atoms with van der Waals surface area (Å²) in [5.74, 6) is 0.970. The van der Waals surface area contributed by atoms with E-state index < -0.39 is 4.92 Å². The van der Waals surface area contributed by atoms with Gasteiger partial charge in [-0.25, -0.2) is 4.98 Å². The van der Waals surface area contributed by atoms with E-state index in [-0.39, 0.29) is 5.69 Å². The maximum absolute atomic E-state index is 11.0. The van der Waals surface area contributed by atoms with Crippen LogP contribution in [0.5, 0.6) is 0 Å². The molecule has 7 nitrogen and oxygen atoms in total. The average molecular weight is 254 g/mol. The van der Waals surface area contributed by atoms with Crippen LogP contribution < -0.4 is 10.2 Å². The maximum atomic E-state index is 11.0. The molecular weight excluding hydrogens is 236 g/mol. The summed E-state index contributed by atoms with van der Waals surface area (Å²) in [5, 5.41) is 14.0. The highest BCUT2D eigenvalue weighted by molar-refractivity contribution is 5.61. The highest BCUT2D eigenvalue weighted by atomic mass is 16.6. The Morgan fingerprint density at radius 3 is 2.83 bits per heavy atom. The van der Waals surface area contributed by atoms with Crippen LogP contribution in [0.2, 0.25) is 0 Å². The van der Waals surface area contributed by atoms with Gasteiger partial charge in [-0.1, -0.05) is 0 Å². The van der Waals surface area contributed by atoms with Crippen LogP contribution in [0, 0.1) is 10.1 Å². The van der Waals surface area contributed by atoms with Crippen LogP contribution in [0.15, 0.2) is 12.1 Å². The fourth-order valence-electron chi connectivity index (χ4n) is 1.48. The average Bonchev–Trinajstić information content (AvgIpc) is 2.36. The number of likely N-dealkylation sites (N-methyl/N-ethyl adjacent to an activating group) is 1. The van der Waals surface area contributed by atoms with Crippen molar-refractivity contribution in [1.82, 2.24) is 4.98 Å². The van der Waals surface area contributed by atoms with Crippen molar-refractivity contribution < 1.29 is 9.66 Å². The minimum absolute atomic E-state index is 0.00439. The van der Waals surface area contributed by atoms with Gasteiger partial charge >= 0.3 is 5.69 Å². The highest BCUT2D eigenvalue weighted by Gasteiger charge is 2.19. The molecular formula is C11H18N4O3. The number of anilines is 2. The number of ether oxygens (including phenoxy) is 1. The molecule has 1 aromatic rings. The Balaban J connectivity index is 3.02. The minimum Gasteiger partial charge on any atom is -0.383 e. The van der Waals surface area contributed by atoms with E-state index in [0.717, 1.165) is 0 Å². The molecule has 0 aliphatic rings. The molecule has 1 heterocycles.